The van der Waals surface area contributed by atoms with Gasteiger partial charge >= 0.3 is 0 Å². The molecule has 0 spiro atoms. The summed E-state index contributed by atoms with van der Waals surface area (Å²) in [5.41, 5.74) is 2.77. The summed E-state index contributed by atoms with van der Waals surface area (Å²) in [5.74, 6) is 0.991. The van der Waals surface area contributed by atoms with Crippen LogP contribution in [0.1, 0.15) is 11.1 Å². The Morgan fingerprint density at radius 2 is 1.95 bits per heavy atom. The highest BCUT2D eigenvalue weighted by Gasteiger charge is 2.12. The number of fused-ring (bicyclic) bond motifs is 1. The number of rotatable bonds is 4. The van der Waals surface area contributed by atoms with Crippen LogP contribution in [-0.2, 0) is 17.8 Å². The van der Waals surface area contributed by atoms with Crippen LogP contribution in [0.2, 0.25) is 0 Å². The zero-order valence-corrected chi connectivity index (χ0v) is 11.9. The van der Waals surface area contributed by atoms with Crippen molar-refractivity contribution in [2.24, 2.45) is 0 Å². The highest BCUT2D eigenvalue weighted by atomic mass is 35.5. The van der Waals surface area contributed by atoms with Crippen molar-refractivity contribution in [2.75, 3.05) is 39.5 Å². The maximum absolute atomic E-state index is 5.82. The van der Waals surface area contributed by atoms with Crippen molar-refractivity contribution in [2.45, 2.75) is 13.1 Å². The van der Waals surface area contributed by atoms with Crippen LogP contribution in [-0.4, -0.2) is 44.4 Å². The fraction of sp³-hybridized carbons (Fsp3) is 0.571. The molecule has 0 radical (unpaired) electrons. The number of morpholine rings is 1. The summed E-state index contributed by atoms with van der Waals surface area (Å²) in [6.45, 7) is 7.45. The molecule has 0 unspecified atom stereocenters. The van der Waals surface area contributed by atoms with E-state index < -0.39 is 0 Å². The summed E-state index contributed by atoms with van der Waals surface area (Å²) >= 11 is 0. The van der Waals surface area contributed by atoms with Gasteiger partial charge in [-0.2, -0.15) is 0 Å². The van der Waals surface area contributed by atoms with Crippen molar-refractivity contribution >= 4 is 12.4 Å². The van der Waals surface area contributed by atoms with E-state index >= 15 is 0 Å². The third-order valence-electron chi connectivity index (χ3n) is 3.59. The van der Waals surface area contributed by atoms with Crippen LogP contribution in [0.15, 0.2) is 18.2 Å². The fourth-order valence-electron chi connectivity index (χ4n) is 2.48. The van der Waals surface area contributed by atoms with Gasteiger partial charge < -0.3 is 14.8 Å². The number of benzene rings is 1. The normalized spacial score (nSPS) is 18.7. The lowest BCUT2D eigenvalue weighted by Crippen LogP contribution is -2.38. The van der Waals surface area contributed by atoms with Crippen molar-refractivity contribution in [3.63, 3.8) is 0 Å². The standard InChI is InChI=1S/C14H20N2O2.ClH/c1-2-14(9-13-11-15-10-12(1)13)18-8-5-16-3-6-17-7-4-16;/h1-2,9,15H,3-8,10-11H2;1H. The van der Waals surface area contributed by atoms with Crippen LogP contribution in [0.4, 0.5) is 0 Å². The zero-order valence-electron chi connectivity index (χ0n) is 11.1. The molecule has 2 aliphatic rings. The molecule has 1 aromatic rings. The smallest absolute Gasteiger partial charge is 0.119 e. The lowest BCUT2D eigenvalue weighted by Gasteiger charge is -2.26. The molecule has 4 nitrogen and oxygen atoms in total. The molecule has 1 N–H and O–H groups in total. The molecule has 2 heterocycles. The summed E-state index contributed by atoms with van der Waals surface area (Å²) in [6.07, 6.45) is 0. The molecule has 1 aromatic carbocycles. The van der Waals surface area contributed by atoms with Gasteiger partial charge in [-0.1, -0.05) is 6.07 Å². The predicted octanol–water partition coefficient (Wildman–Crippen LogP) is 1.42. The average molecular weight is 285 g/mol. The second kappa shape index (κ2) is 7.10. The van der Waals surface area contributed by atoms with E-state index in [4.69, 9.17) is 9.47 Å². The highest BCUT2D eigenvalue weighted by Crippen LogP contribution is 2.21. The predicted molar refractivity (Wildman–Crippen MR) is 77.0 cm³/mol. The van der Waals surface area contributed by atoms with Crippen LogP contribution in [0.3, 0.4) is 0 Å². The van der Waals surface area contributed by atoms with Crippen molar-refractivity contribution in [1.82, 2.24) is 10.2 Å². The lowest BCUT2D eigenvalue weighted by molar-refractivity contribution is 0.0322. The monoisotopic (exact) mass is 284 g/mol. The van der Waals surface area contributed by atoms with Gasteiger partial charge in [-0.15, -0.1) is 12.4 Å². The minimum atomic E-state index is 0. The topological polar surface area (TPSA) is 33.7 Å². The van der Waals surface area contributed by atoms with Crippen molar-refractivity contribution in [3.8, 4) is 5.75 Å². The number of nitrogens with zero attached hydrogens (tertiary/aromatic N) is 1. The second-order valence-corrected chi connectivity index (χ2v) is 4.84. The SMILES string of the molecule is Cl.c1cc2c(cc1OCCN1CCOCC1)CNC2. The molecule has 0 saturated carbocycles. The number of halogens is 1. The van der Waals surface area contributed by atoms with Gasteiger partial charge in [0.1, 0.15) is 12.4 Å². The number of hydrogen-bond donors (Lipinski definition) is 1. The Hall–Kier alpha value is -0.810. The van der Waals surface area contributed by atoms with Crippen LogP contribution in [0, 0.1) is 0 Å². The van der Waals surface area contributed by atoms with Crippen molar-refractivity contribution < 1.29 is 9.47 Å². The minimum Gasteiger partial charge on any atom is -0.492 e. The molecule has 106 valence electrons. The van der Waals surface area contributed by atoms with Gasteiger partial charge in [0.15, 0.2) is 0 Å². The van der Waals surface area contributed by atoms with Gasteiger partial charge in [0, 0.05) is 32.7 Å². The van der Waals surface area contributed by atoms with E-state index in [-0.39, 0.29) is 12.4 Å². The molecule has 1 fully saturated rings. The first-order valence-electron chi connectivity index (χ1n) is 6.67. The first kappa shape index (κ1) is 14.6. The highest BCUT2D eigenvalue weighted by molar-refractivity contribution is 5.85. The van der Waals surface area contributed by atoms with E-state index in [1.807, 2.05) is 0 Å². The summed E-state index contributed by atoms with van der Waals surface area (Å²) < 4.78 is 11.1. The van der Waals surface area contributed by atoms with Crippen LogP contribution in [0.25, 0.3) is 0 Å². The lowest BCUT2D eigenvalue weighted by atomic mass is 10.1. The van der Waals surface area contributed by atoms with Crippen LogP contribution >= 0.6 is 12.4 Å². The van der Waals surface area contributed by atoms with Crippen LogP contribution in [0.5, 0.6) is 5.75 Å². The first-order valence-corrected chi connectivity index (χ1v) is 6.67. The van der Waals surface area contributed by atoms with Gasteiger partial charge in [0.25, 0.3) is 0 Å². The van der Waals surface area contributed by atoms with Crippen molar-refractivity contribution in [1.29, 1.82) is 0 Å². The molecule has 0 amide bonds. The first-order chi connectivity index (χ1) is 8.92. The third-order valence-corrected chi connectivity index (χ3v) is 3.59. The maximum Gasteiger partial charge on any atom is 0.119 e. The minimum absolute atomic E-state index is 0. The average Bonchev–Trinajstić information content (AvgIpc) is 2.87. The van der Waals surface area contributed by atoms with Gasteiger partial charge in [-0.3, -0.25) is 4.90 Å². The Labute approximate surface area is 120 Å². The third kappa shape index (κ3) is 3.83. The molecule has 19 heavy (non-hydrogen) atoms. The molecule has 0 bridgehead atoms. The second-order valence-electron chi connectivity index (χ2n) is 4.84. The Bertz CT molecular complexity index is 408. The van der Waals surface area contributed by atoms with E-state index in [0.29, 0.717) is 0 Å². The number of nitrogens with one attached hydrogen (secondary N) is 1. The fourth-order valence-corrected chi connectivity index (χ4v) is 2.48. The van der Waals surface area contributed by atoms with Crippen LogP contribution < -0.4 is 10.1 Å². The largest absolute Gasteiger partial charge is 0.492 e. The van der Waals surface area contributed by atoms with Gasteiger partial charge in [-0.05, 0) is 23.3 Å². The molecule has 0 atom stereocenters. The van der Waals surface area contributed by atoms with E-state index in [9.17, 15) is 0 Å². The van der Waals surface area contributed by atoms with E-state index in [1.54, 1.807) is 0 Å². The summed E-state index contributed by atoms with van der Waals surface area (Å²) in [6, 6.07) is 6.40. The van der Waals surface area contributed by atoms with Crippen molar-refractivity contribution in [3.05, 3.63) is 29.3 Å². The Kier molecular flexibility index (Phi) is 5.45. The quantitative estimate of drug-likeness (QED) is 0.907. The van der Waals surface area contributed by atoms with E-state index in [0.717, 1.165) is 58.3 Å². The molecule has 0 aliphatic carbocycles. The molecular weight excluding hydrogens is 264 g/mol. The number of ether oxygens (including phenoxy) is 2. The maximum atomic E-state index is 5.82. The Balaban J connectivity index is 0.00000133. The molecular formula is C14H21ClN2O2. The summed E-state index contributed by atoms with van der Waals surface area (Å²) in [4.78, 5) is 2.39. The Morgan fingerprint density at radius 1 is 1.16 bits per heavy atom. The zero-order chi connectivity index (χ0) is 12.2. The van der Waals surface area contributed by atoms with Gasteiger partial charge in [0.05, 0.1) is 13.2 Å². The Morgan fingerprint density at radius 3 is 2.79 bits per heavy atom. The molecule has 1 saturated heterocycles. The van der Waals surface area contributed by atoms with E-state index in [2.05, 4.69) is 28.4 Å². The summed E-state index contributed by atoms with van der Waals surface area (Å²) in [5, 5.41) is 3.35. The molecule has 3 rings (SSSR count). The molecule has 5 heteroatoms. The van der Waals surface area contributed by atoms with Gasteiger partial charge in [0.2, 0.25) is 0 Å². The molecule has 2 aliphatic heterocycles. The van der Waals surface area contributed by atoms with E-state index in [1.165, 1.54) is 11.1 Å². The summed E-state index contributed by atoms with van der Waals surface area (Å²) in [7, 11) is 0. The van der Waals surface area contributed by atoms with Gasteiger partial charge in [-0.25, -0.2) is 0 Å². The molecule has 0 aromatic heterocycles. The number of hydrogen-bond acceptors (Lipinski definition) is 4.